The number of anilines is 1. The van der Waals surface area contributed by atoms with Crippen molar-refractivity contribution in [3.63, 3.8) is 0 Å². The van der Waals surface area contributed by atoms with Gasteiger partial charge in [-0.1, -0.05) is 17.7 Å². The lowest BCUT2D eigenvalue weighted by Gasteiger charge is -2.46. The Balaban J connectivity index is 1.96. The molecule has 0 radical (unpaired) electrons. The third kappa shape index (κ3) is 4.45. The first kappa shape index (κ1) is 22.5. The number of hydrogen-bond acceptors (Lipinski definition) is 6. The molecule has 3 N–H and O–H groups in total. The van der Waals surface area contributed by atoms with Gasteiger partial charge in [0, 0.05) is 25.3 Å². The molecule has 1 aromatic heterocycles. The van der Waals surface area contributed by atoms with Gasteiger partial charge in [0.15, 0.2) is 0 Å². The molecule has 1 aromatic rings. The van der Waals surface area contributed by atoms with E-state index in [1.165, 1.54) is 0 Å². The fourth-order valence-corrected chi connectivity index (χ4v) is 4.23. The number of alkyl halides is 3. The van der Waals surface area contributed by atoms with Crippen molar-refractivity contribution in [1.82, 2.24) is 14.9 Å². The number of rotatable bonds is 5. The van der Waals surface area contributed by atoms with E-state index in [1.54, 1.807) is 19.3 Å². The van der Waals surface area contributed by atoms with E-state index in [2.05, 4.69) is 20.2 Å². The Bertz CT molecular complexity index is 881. The highest BCUT2D eigenvalue weighted by Crippen LogP contribution is 2.43. The molecule has 0 spiro atoms. The smallest absolute Gasteiger partial charge is 0.371 e. The summed E-state index contributed by atoms with van der Waals surface area (Å²) in [6, 6.07) is 0. The van der Waals surface area contributed by atoms with Crippen LogP contribution >= 0.6 is 11.6 Å². The molecule has 1 fully saturated rings. The van der Waals surface area contributed by atoms with Gasteiger partial charge in [-0.05, 0) is 45.0 Å². The number of piperidine rings is 1. The molecule has 0 saturated carbocycles. The zero-order chi connectivity index (χ0) is 22.1. The summed E-state index contributed by atoms with van der Waals surface area (Å²) in [5, 5.41) is 2.26. The monoisotopic (exact) mass is 445 g/mol. The van der Waals surface area contributed by atoms with E-state index in [1.807, 2.05) is 7.05 Å². The van der Waals surface area contributed by atoms with Crippen molar-refractivity contribution in [1.29, 1.82) is 0 Å². The number of halogens is 4. The molecule has 164 valence electrons. The average Bonchev–Trinajstić information content (AvgIpc) is 2.68. The zero-order valence-electron chi connectivity index (χ0n) is 16.6. The summed E-state index contributed by atoms with van der Waals surface area (Å²) in [4.78, 5) is 21.5. The maximum Gasteiger partial charge on any atom is 0.420 e. The van der Waals surface area contributed by atoms with Crippen LogP contribution in [0.15, 0.2) is 29.6 Å². The molecule has 1 aliphatic carbocycles. The van der Waals surface area contributed by atoms with Gasteiger partial charge >= 0.3 is 6.18 Å². The molecular weight excluding hydrogens is 423 g/mol. The van der Waals surface area contributed by atoms with Crippen LogP contribution in [-0.4, -0.2) is 53.6 Å². The predicted molar refractivity (Wildman–Crippen MR) is 106 cm³/mol. The number of carbonyl (C=O) groups is 1. The Labute approximate surface area is 177 Å². The molecule has 2 heterocycles. The van der Waals surface area contributed by atoms with Crippen LogP contribution in [0.25, 0.3) is 0 Å². The summed E-state index contributed by atoms with van der Waals surface area (Å²) in [7, 11) is 3.57. The Hall–Kier alpha value is -2.17. The summed E-state index contributed by atoms with van der Waals surface area (Å²) in [6.07, 6.45) is 1.05. The molecule has 1 saturated heterocycles. The fourth-order valence-electron chi connectivity index (χ4n) is 4.00. The molecule has 1 unspecified atom stereocenters. The van der Waals surface area contributed by atoms with Crippen molar-refractivity contribution in [2.75, 3.05) is 32.6 Å². The molecule has 7 nitrogen and oxygen atoms in total. The topological polar surface area (TPSA) is 93.4 Å². The number of ether oxygens (including phenoxy) is 1. The van der Waals surface area contributed by atoms with E-state index in [-0.39, 0.29) is 18.3 Å². The quantitative estimate of drug-likeness (QED) is 0.677. The maximum absolute atomic E-state index is 12.9. The maximum atomic E-state index is 12.9. The van der Waals surface area contributed by atoms with Gasteiger partial charge in [0.2, 0.25) is 11.9 Å². The first-order valence-corrected chi connectivity index (χ1v) is 9.76. The Morgan fingerprint density at radius 1 is 1.37 bits per heavy atom. The van der Waals surface area contributed by atoms with Crippen molar-refractivity contribution in [3.05, 3.63) is 40.3 Å². The third-order valence-corrected chi connectivity index (χ3v) is 6.00. The largest absolute Gasteiger partial charge is 0.420 e. The van der Waals surface area contributed by atoms with Gasteiger partial charge in [-0.15, -0.1) is 0 Å². The molecule has 1 atom stereocenters. The Morgan fingerprint density at radius 2 is 2.03 bits per heavy atom. The van der Waals surface area contributed by atoms with Crippen LogP contribution in [0.2, 0.25) is 5.15 Å². The molecule has 3 rings (SSSR count). The summed E-state index contributed by atoms with van der Waals surface area (Å²) >= 11 is 5.73. The van der Waals surface area contributed by atoms with Crippen LogP contribution in [0.4, 0.5) is 19.1 Å². The minimum atomic E-state index is -4.65. The highest BCUT2D eigenvalue weighted by atomic mass is 35.5. The number of methoxy groups -OCH3 is 1. The predicted octanol–water partition coefficient (Wildman–Crippen LogP) is 2.99. The Morgan fingerprint density at radius 3 is 2.57 bits per heavy atom. The molecule has 0 aromatic carbocycles. The molecule has 0 bridgehead atoms. The lowest BCUT2D eigenvalue weighted by molar-refractivity contribution is -0.138. The number of allylic oxidation sites excluding steroid dienone is 2. The van der Waals surface area contributed by atoms with Gasteiger partial charge < -0.3 is 20.7 Å². The van der Waals surface area contributed by atoms with Gasteiger partial charge in [-0.2, -0.15) is 13.2 Å². The van der Waals surface area contributed by atoms with Crippen molar-refractivity contribution in [2.24, 2.45) is 11.7 Å². The van der Waals surface area contributed by atoms with E-state index in [4.69, 9.17) is 22.1 Å². The number of amides is 1. The van der Waals surface area contributed by atoms with Crippen LogP contribution in [0.3, 0.4) is 0 Å². The number of nitrogens with one attached hydrogen (secondary N) is 1. The minimum Gasteiger partial charge on any atom is -0.371 e. The lowest BCUT2D eigenvalue weighted by Crippen LogP contribution is -2.50. The summed E-state index contributed by atoms with van der Waals surface area (Å²) < 4.78 is 44.8. The van der Waals surface area contributed by atoms with Crippen molar-refractivity contribution >= 4 is 23.5 Å². The molecule has 2 aliphatic rings. The second-order valence-corrected chi connectivity index (χ2v) is 7.86. The van der Waals surface area contributed by atoms with Gasteiger partial charge in [-0.3, -0.25) is 4.79 Å². The first-order chi connectivity index (χ1) is 14.1. The van der Waals surface area contributed by atoms with E-state index < -0.39 is 28.4 Å². The lowest BCUT2D eigenvalue weighted by atomic mass is 9.72. The van der Waals surface area contributed by atoms with E-state index in [9.17, 15) is 18.0 Å². The number of likely N-dealkylation sites (tertiary alicyclic amines) is 1. The number of carbonyl (C=O) groups excluding carboxylic acids is 1. The standard InChI is InChI=1S/C19H23ClF3N5O2/c1-28-7-5-12(6-8-28)18(30-2)9-11(16(24)29)3-4-14(18)26-17-25-10-13(15(20)27-17)19(21,22)23/h3-4,10,12H,5-9H2,1-2H3,(H2,24,29)(H,25,26,27). The van der Waals surface area contributed by atoms with E-state index in [0.717, 1.165) is 25.9 Å². The number of nitrogens with zero attached hydrogens (tertiary/aromatic N) is 3. The van der Waals surface area contributed by atoms with Crippen LogP contribution in [0.5, 0.6) is 0 Å². The van der Waals surface area contributed by atoms with E-state index >= 15 is 0 Å². The van der Waals surface area contributed by atoms with E-state index in [0.29, 0.717) is 17.5 Å². The molecular formula is C19H23ClF3N5O2. The fraction of sp³-hybridized carbons (Fsp3) is 0.526. The van der Waals surface area contributed by atoms with Gasteiger partial charge in [0.25, 0.3) is 0 Å². The van der Waals surface area contributed by atoms with Gasteiger partial charge in [0.1, 0.15) is 16.3 Å². The Kier molecular flexibility index (Phi) is 6.40. The minimum absolute atomic E-state index is 0.0467. The number of primary amides is 1. The molecule has 1 aliphatic heterocycles. The first-order valence-electron chi connectivity index (χ1n) is 9.38. The van der Waals surface area contributed by atoms with Crippen LogP contribution in [-0.2, 0) is 15.7 Å². The van der Waals surface area contributed by atoms with Crippen LogP contribution in [0, 0.1) is 5.92 Å². The second-order valence-electron chi connectivity index (χ2n) is 7.51. The highest BCUT2D eigenvalue weighted by molar-refractivity contribution is 6.30. The van der Waals surface area contributed by atoms with Crippen molar-refractivity contribution < 1.29 is 22.7 Å². The second kappa shape index (κ2) is 8.52. The van der Waals surface area contributed by atoms with Crippen LogP contribution in [0.1, 0.15) is 24.8 Å². The zero-order valence-corrected chi connectivity index (χ0v) is 17.3. The molecule has 1 amide bonds. The third-order valence-electron chi connectivity index (χ3n) is 5.71. The number of nitrogens with two attached hydrogens (primary N) is 1. The number of aromatic nitrogens is 2. The summed E-state index contributed by atoms with van der Waals surface area (Å²) in [6.45, 7) is 1.70. The van der Waals surface area contributed by atoms with Gasteiger partial charge in [-0.25, -0.2) is 9.97 Å². The van der Waals surface area contributed by atoms with Crippen molar-refractivity contribution in [3.8, 4) is 0 Å². The van der Waals surface area contributed by atoms with Gasteiger partial charge in [0.05, 0.1) is 5.70 Å². The number of hydrogen-bond donors (Lipinski definition) is 2. The molecule has 11 heteroatoms. The average molecular weight is 446 g/mol. The molecule has 30 heavy (non-hydrogen) atoms. The summed E-state index contributed by atoms with van der Waals surface area (Å²) in [5.74, 6) is -0.594. The van der Waals surface area contributed by atoms with Crippen molar-refractivity contribution in [2.45, 2.75) is 31.0 Å². The normalized spacial score (nSPS) is 23.7. The highest BCUT2D eigenvalue weighted by Gasteiger charge is 2.46. The summed E-state index contributed by atoms with van der Waals surface area (Å²) in [5.41, 5.74) is 4.42. The SMILES string of the molecule is COC1(C2CCN(C)CC2)CC(C(N)=O)=CC=C1Nc1ncc(C(F)(F)F)c(Cl)n1. The van der Waals surface area contributed by atoms with Crippen LogP contribution < -0.4 is 11.1 Å².